The van der Waals surface area contributed by atoms with Crippen molar-refractivity contribution in [3.05, 3.63) is 53.6 Å². The second-order valence-electron chi connectivity index (χ2n) is 4.49. The molecule has 2 N–H and O–H groups in total. The summed E-state index contributed by atoms with van der Waals surface area (Å²) in [6.45, 7) is -0.275. The van der Waals surface area contributed by atoms with Gasteiger partial charge in [0.2, 0.25) is 0 Å². The number of aliphatic imine (C=N–C) groups is 1. The molecule has 2 heterocycles. The molecule has 0 bridgehead atoms. The minimum atomic E-state index is -2.93. The van der Waals surface area contributed by atoms with Gasteiger partial charge in [-0.1, -0.05) is 18.2 Å². The summed E-state index contributed by atoms with van der Waals surface area (Å²) >= 11 is 0. The zero-order valence-corrected chi connectivity index (χ0v) is 10.2. The van der Waals surface area contributed by atoms with Crippen molar-refractivity contribution in [3.8, 4) is 0 Å². The molecule has 0 fully saturated rings. The number of nitrogens with two attached hydrogens (primary N) is 1. The smallest absolute Gasteiger partial charge is 0.269 e. The number of fused-ring (bicyclic) bond motifs is 1. The molecule has 0 spiro atoms. The van der Waals surface area contributed by atoms with Crippen LogP contribution in [0, 0.1) is 11.9 Å². The van der Waals surface area contributed by atoms with Crippen LogP contribution in [0.5, 0.6) is 0 Å². The highest BCUT2D eigenvalue weighted by molar-refractivity contribution is 5.96. The lowest BCUT2D eigenvalue weighted by atomic mass is 9.89. The van der Waals surface area contributed by atoms with Crippen molar-refractivity contribution in [2.75, 3.05) is 0 Å². The van der Waals surface area contributed by atoms with E-state index in [9.17, 15) is 13.2 Å². The van der Waals surface area contributed by atoms with Crippen LogP contribution in [0.15, 0.2) is 35.5 Å². The Balaban J connectivity index is 2.22. The molecule has 1 aliphatic heterocycles. The molecular weight excluding hydrogens is 269 g/mol. The van der Waals surface area contributed by atoms with Crippen molar-refractivity contribution in [1.82, 2.24) is 9.78 Å². The average molecular weight is 279 g/mol. The molecule has 1 aromatic carbocycles. The molecule has 1 aromatic heterocycles. The molecule has 103 valence electrons. The Morgan fingerprint density at radius 2 is 2.20 bits per heavy atom. The summed E-state index contributed by atoms with van der Waals surface area (Å²) < 4.78 is 42.4. The number of rotatable bonds is 2. The Morgan fingerprint density at radius 3 is 2.90 bits per heavy atom. The first-order valence-electron chi connectivity index (χ1n) is 5.87. The third kappa shape index (κ3) is 1.70. The summed E-state index contributed by atoms with van der Waals surface area (Å²) in [5.74, 6) is -0.947. The highest BCUT2D eigenvalue weighted by atomic mass is 19.3. The molecule has 0 saturated carbocycles. The minimum absolute atomic E-state index is 0.0858. The predicted molar refractivity (Wildman–Crippen MR) is 65.9 cm³/mol. The molecule has 1 radical (unpaired) electrons. The van der Waals surface area contributed by atoms with E-state index in [0.29, 0.717) is 5.69 Å². The number of halogens is 3. The third-order valence-electron chi connectivity index (χ3n) is 3.32. The molecule has 20 heavy (non-hydrogen) atoms. The van der Waals surface area contributed by atoms with Crippen molar-refractivity contribution in [2.45, 2.75) is 18.5 Å². The van der Waals surface area contributed by atoms with Crippen LogP contribution in [0.3, 0.4) is 0 Å². The highest BCUT2D eigenvalue weighted by Gasteiger charge is 2.47. The number of alkyl halides is 2. The summed E-state index contributed by atoms with van der Waals surface area (Å²) in [6, 6.07) is 7.86. The van der Waals surface area contributed by atoms with Crippen LogP contribution in [-0.4, -0.2) is 22.0 Å². The van der Waals surface area contributed by atoms with Gasteiger partial charge in [0.1, 0.15) is 17.3 Å². The Hall–Kier alpha value is -2.31. The summed E-state index contributed by atoms with van der Waals surface area (Å²) in [5, 5.41) is 3.93. The Kier molecular flexibility index (Phi) is 2.77. The first-order chi connectivity index (χ1) is 9.54. The number of nitrogens with zero attached hydrogens (tertiary/aromatic N) is 3. The molecule has 2 aromatic rings. The summed E-state index contributed by atoms with van der Waals surface area (Å²) in [4.78, 5) is 3.88. The van der Waals surface area contributed by atoms with Crippen LogP contribution in [0.2, 0.25) is 0 Å². The van der Waals surface area contributed by atoms with Gasteiger partial charge in [-0.2, -0.15) is 5.10 Å². The van der Waals surface area contributed by atoms with Crippen LogP contribution >= 0.6 is 0 Å². The largest absolute Gasteiger partial charge is 0.382 e. The lowest BCUT2D eigenvalue weighted by molar-refractivity contribution is 0.0363. The zero-order chi connectivity index (χ0) is 14.3. The van der Waals surface area contributed by atoms with Crippen molar-refractivity contribution >= 4 is 5.84 Å². The Labute approximate surface area is 112 Å². The van der Waals surface area contributed by atoms with Crippen LogP contribution in [-0.2, 0) is 12.1 Å². The first kappa shape index (κ1) is 12.7. The monoisotopic (exact) mass is 279 g/mol. The molecule has 4 nitrogen and oxygen atoms in total. The quantitative estimate of drug-likeness (QED) is 0.909. The molecule has 1 atom stereocenters. The molecule has 3 rings (SSSR count). The van der Waals surface area contributed by atoms with E-state index in [1.807, 2.05) is 0 Å². The predicted octanol–water partition coefficient (Wildman–Crippen LogP) is 1.70. The lowest BCUT2D eigenvalue weighted by Gasteiger charge is -2.33. The molecule has 7 heteroatoms. The number of benzene rings is 1. The minimum Gasteiger partial charge on any atom is -0.382 e. The Morgan fingerprint density at radius 1 is 1.40 bits per heavy atom. The zero-order valence-electron chi connectivity index (χ0n) is 10.2. The standard InChI is InChI=1S/C13H10F3N4/c14-9-4-2-1-3-8(9)13(12(15)16)7-20-10(5-6-18-20)11(17)19-13/h1-3,5-6,12H,7H2,(H2,17,19). The molecule has 0 amide bonds. The average Bonchev–Trinajstić information content (AvgIpc) is 2.87. The van der Waals surface area contributed by atoms with E-state index in [1.165, 1.54) is 29.1 Å². The highest BCUT2D eigenvalue weighted by Crippen LogP contribution is 2.38. The van der Waals surface area contributed by atoms with Crippen molar-refractivity contribution in [1.29, 1.82) is 0 Å². The second-order valence-corrected chi connectivity index (χ2v) is 4.49. The van der Waals surface area contributed by atoms with Gasteiger partial charge in [0.15, 0.2) is 5.54 Å². The topological polar surface area (TPSA) is 56.2 Å². The fraction of sp³-hybridized carbons (Fsp3) is 0.231. The van der Waals surface area contributed by atoms with Crippen molar-refractivity contribution < 1.29 is 13.2 Å². The fourth-order valence-corrected chi connectivity index (χ4v) is 2.34. The summed E-state index contributed by atoms with van der Waals surface area (Å²) in [6.07, 6.45) is -1.49. The molecule has 1 unspecified atom stereocenters. The fourth-order valence-electron chi connectivity index (χ4n) is 2.34. The van der Waals surface area contributed by atoms with Crippen LogP contribution in [0.25, 0.3) is 0 Å². The maximum absolute atomic E-state index is 13.9. The van der Waals surface area contributed by atoms with E-state index >= 15 is 0 Å². The van der Waals surface area contributed by atoms with Crippen molar-refractivity contribution in [2.24, 2.45) is 10.7 Å². The normalized spacial score (nSPS) is 21.7. The number of hydrogen-bond donors (Lipinski definition) is 1. The van der Waals surface area contributed by atoms with Gasteiger partial charge < -0.3 is 5.73 Å². The number of hydrogen-bond acceptors (Lipinski definition) is 3. The lowest BCUT2D eigenvalue weighted by Crippen LogP contribution is -2.44. The molecule has 1 aliphatic rings. The maximum atomic E-state index is 13.9. The van der Waals surface area contributed by atoms with Gasteiger partial charge in [-0.15, -0.1) is 0 Å². The van der Waals surface area contributed by atoms with Crippen LogP contribution in [0.4, 0.5) is 13.2 Å². The van der Waals surface area contributed by atoms with E-state index in [1.54, 1.807) is 6.07 Å². The Bertz CT molecular complexity index is 680. The SMILES string of the molecule is NC1=NC(c2ccc[c]c2F)(C(F)F)Cn2nccc21. The summed E-state index contributed by atoms with van der Waals surface area (Å²) in [7, 11) is 0. The molecule has 0 aliphatic carbocycles. The maximum Gasteiger partial charge on any atom is 0.269 e. The first-order valence-corrected chi connectivity index (χ1v) is 5.87. The van der Waals surface area contributed by atoms with Crippen LogP contribution < -0.4 is 5.73 Å². The van der Waals surface area contributed by atoms with Gasteiger partial charge >= 0.3 is 0 Å². The van der Waals surface area contributed by atoms with Gasteiger partial charge in [-0.3, -0.25) is 4.68 Å². The van der Waals surface area contributed by atoms with Gasteiger partial charge in [-0.25, -0.2) is 18.2 Å². The van der Waals surface area contributed by atoms with E-state index in [0.717, 1.165) is 0 Å². The molecular formula is C13H10F3N4. The van der Waals surface area contributed by atoms with Gasteiger partial charge in [0.25, 0.3) is 6.43 Å². The number of aromatic nitrogens is 2. The van der Waals surface area contributed by atoms with Gasteiger partial charge in [-0.05, 0) is 6.07 Å². The van der Waals surface area contributed by atoms with Gasteiger partial charge in [0, 0.05) is 17.8 Å². The van der Waals surface area contributed by atoms with E-state index in [-0.39, 0.29) is 17.9 Å². The van der Waals surface area contributed by atoms with Crippen molar-refractivity contribution in [3.63, 3.8) is 0 Å². The van der Waals surface area contributed by atoms with E-state index in [2.05, 4.69) is 16.2 Å². The van der Waals surface area contributed by atoms with Gasteiger partial charge in [0.05, 0.1) is 6.54 Å². The van der Waals surface area contributed by atoms with Crippen LogP contribution in [0.1, 0.15) is 11.3 Å². The van der Waals surface area contributed by atoms with E-state index < -0.39 is 17.8 Å². The third-order valence-corrected chi connectivity index (χ3v) is 3.32. The second kappa shape index (κ2) is 4.36. The molecule has 0 saturated heterocycles. The van der Waals surface area contributed by atoms with E-state index in [4.69, 9.17) is 5.73 Å². The number of amidine groups is 1. The summed E-state index contributed by atoms with van der Waals surface area (Å²) in [5.41, 5.74) is 3.85.